The molecule has 0 saturated carbocycles. The second-order valence-corrected chi connectivity index (χ2v) is 7.12. The number of hydrogen-bond donors (Lipinski definition) is 1. The molecule has 1 aromatic heterocycles. The van der Waals surface area contributed by atoms with Crippen LogP contribution in [0.3, 0.4) is 0 Å². The maximum absolute atomic E-state index is 12.3. The average Bonchev–Trinajstić information content (AvgIpc) is 3.18. The van der Waals surface area contributed by atoms with Gasteiger partial charge < -0.3 is 4.42 Å². The van der Waals surface area contributed by atoms with Gasteiger partial charge in [-0.15, -0.1) is 0 Å². The normalized spacial score (nSPS) is 18.5. The van der Waals surface area contributed by atoms with Gasteiger partial charge in [0.1, 0.15) is 17.4 Å². The molecule has 2 aromatic rings. The number of hydrogen-bond acceptors (Lipinski definition) is 4. The van der Waals surface area contributed by atoms with Gasteiger partial charge >= 0.3 is 0 Å². The number of nitrogens with zero attached hydrogens (tertiary/aromatic N) is 2. The lowest BCUT2D eigenvalue weighted by molar-refractivity contribution is -0.114. The number of carbonyl (C=O) groups is 1. The Labute approximate surface area is 153 Å². The van der Waals surface area contributed by atoms with E-state index in [-0.39, 0.29) is 11.4 Å². The van der Waals surface area contributed by atoms with Gasteiger partial charge in [0.15, 0.2) is 5.17 Å². The summed E-state index contributed by atoms with van der Waals surface area (Å²) in [6.45, 7) is 1.91. The molecule has 0 bridgehead atoms. The largest absolute Gasteiger partial charge is 0.457 e. The molecule has 0 saturated heterocycles. The smallest absolute Gasteiger partial charge is 0.283 e. The number of benzene rings is 1. The highest BCUT2D eigenvalue weighted by molar-refractivity contribution is 8.17. The maximum atomic E-state index is 12.3. The fourth-order valence-corrected chi connectivity index (χ4v) is 3.63. The van der Waals surface area contributed by atoms with Crippen molar-refractivity contribution in [1.82, 2.24) is 4.90 Å². The van der Waals surface area contributed by atoms with Crippen molar-refractivity contribution in [2.24, 2.45) is 4.99 Å². The Morgan fingerprint density at radius 2 is 2.08 bits per heavy atom. The predicted octanol–water partition coefficient (Wildman–Crippen LogP) is 4.77. The average molecular weight is 370 g/mol. The number of rotatable bonds is 2. The molecule has 1 aromatic carbocycles. The van der Waals surface area contributed by atoms with Crippen LogP contribution in [0, 0.1) is 5.41 Å². The summed E-state index contributed by atoms with van der Waals surface area (Å²) in [6, 6.07) is 10.9. The number of amides is 1. The van der Waals surface area contributed by atoms with Gasteiger partial charge in [0.25, 0.3) is 5.91 Å². The van der Waals surface area contributed by atoms with Crippen LogP contribution in [0.2, 0.25) is 5.02 Å². The molecule has 0 spiro atoms. The zero-order valence-corrected chi connectivity index (χ0v) is 14.7. The number of furan rings is 1. The first-order valence-corrected chi connectivity index (χ1v) is 8.66. The molecule has 0 unspecified atom stereocenters. The highest BCUT2D eigenvalue weighted by atomic mass is 35.5. The maximum Gasteiger partial charge on any atom is 0.283 e. The number of halogens is 1. The van der Waals surface area contributed by atoms with Gasteiger partial charge in [-0.1, -0.05) is 35.5 Å². The Morgan fingerprint density at radius 3 is 2.88 bits per heavy atom. The van der Waals surface area contributed by atoms with Crippen molar-refractivity contribution in [1.29, 1.82) is 5.41 Å². The molecule has 4 rings (SSSR count). The van der Waals surface area contributed by atoms with Crippen LogP contribution in [0.1, 0.15) is 12.7 Å². The van der Waals surface area contributed by atoms with E-state index in [2.05, 4.69) is 4.99 Å². The molecule has 5 nitrogen and oxygen atoms in total. The van der Waals surface area contributed by atoms with Gasteiger partial charge in [-0.3, -0.25) is 15.1 Å². The Kier molecular flexibility index (Phi) is 3.86. The van der Waals surface area contributed by atoms with Crippen LogP contribution in [-0.2, 0) is 4.79 Å². The summed E-state index contributed by atoms with van der Waals surface area (Å²) in [5, 5.41) is 9.38. The summed E-state index contributed by atoms with van der Waals surface area (Å²) >= 11 is 7.56. The molecule has 1 amide bonds. The molecule has 1 N–H and O–H groups in total. The molecule has 3 heterocycles. The predicted molar refractivity (Wildman–Crippen MR) is 100 cm³/mol. The van der Waals surface area contributed by atoms with E-state index < -0.39 is 5.91 Å². The number of nitrogens with one attached hydrogen (secondary N) is 1. The van der Waals surface area contributed by atoms with E-state index in [4.69, 9.17) is 21.4 Å². The molecule has 124 valence electrons. The Bertz CT molecular complexity index is 1000. The molecule has 25 heavy (non-hydrogen) atoms. The monoisotopic (exact) mass is 369 g/mol. The Hall–Kier alpha value is -2.57. The number of thioether (sulfide) groups is 1. The van der Waals surface area contributed by atoms with Crippen molar-refractivity contribution in [3.63, 3.8) is 0 Å². The fraction of sp³-hybridized carbons (Fsp3) is 0.0556. The third-order valence-corrected chi connectivity index (χ3v) is 4.97. The number of fused-ring (bicyclic) bond motifs is 1. The lowest BCUT2D eigenvalue weighted by atomic mass is 10.1. The summed E-state index contributed by atoms with van der Waals surface area (Å²) < 4.78 is 5.79. The number of aliphatic imine (C=N–C) groups is 1. The first kappa shape index (κ1) is 15.9. The van der Waals surface area contributed by atoms with Gasteiger partial charge in [-0.2, -0.15) is 4.99 Å². The Balaban J connectivity index is 1.69. The third kappa shape index (κ3) is 2.83. The summed E-state index contributed by atoms with van der Waals surface area (Å²) in [6.07, 6.45) is 3.33. The van der Waals surface area contributed by atoms with E-state index in [0.717, 1.165) is 10.5 Å². The van der Waals surface area contributed by atoms with Gasteiger partial charge in [0, 0.05) is 16.7 Å². The van der Waals surface area contributed by atoms with E-state index in [1.54, 1.807) is 29.3 Å². The number of carbonyl (C=O) groups excluding carboxylic acids is 1. The standard InChI is InChI=1S/C18H12ClN3O2S/c1-10-9-22-16(20)13(17(23)21-18(22)25-10)8-11-6-7-15(24-11)12-4-2-3-5-14(12)19/h2-9,20H,1H3/b13-8+,20-16?. The van der Waals surface area contributed by atoms with Gasteiger partial charge in [-0.05, 0) is 37.3 Å². The van der Waals surface area contributed by atoms with Crippen LogP contribution in [-0.4, -0.2) is 21.8 Å². The molecular formula is C18H12ClN3O2S. The highest BCUT2D eigenvalue weighted by Gasteiger charge is 2.33. The topological polar surface area (TPSA) is 69.7 Å². The summed E-state index contributed by atoms with van der Waals surface area (Å²) in [7, 11) is 0. The van der Waals surface area contributed by atoms with Gasteiger partial charge in [0.05, 0.1) is 10.6 Å². The number of allylic oxidation sites excluding steroid dienone is 1. The van der Waals surface area contributed by atoms with Crippen LogP contribution in [0.5, 0.6) is 0 Å². The van der Waals surface area contributed by atoms with Crippen molar-refractivity contribution in [2.75, 3.05) is 0 Å². The quantitative estimate of drug-likeness (QED) is 0.774. The second kappa shape index (κ2) is 6.06. The molecule has 0 atom stereocenters. The van der Waals surface area contributed by atoms with E-state index in [1.807, 2.05) is 25.1 Å². The minimum Gasteiger partial charge on any atom is -0.457 e. The molecule has 2 aliphatic heterocycles. The molecule has 0 aliphatic carbocycles. The van der Waals surface area contributed by atoms with E-state index in [0.29, 0.717) is 21.7 Å². The molecule has 2 aliphatic rings. The lowest BCUT2D eigenvalue weighted by Gasteiger charge is -2.21. The molecule has 0 fully saturated rings. The third-order valence-electron chi connectivity index (χ3n) is 3.75. The van der Waals surface area contributed by atoms with E-state index in [9.17, 15) is 4.79 Å². The first-order valence-electron chi connectivity index (χ1n) is 7.47. The first-order chi connectivity index (χ1) is 12.0. The Morgan fingerprint density at radius 1 is 1.28 bits per heavy atom. The lowest BCUT2D eigenvalue weighted by Crippen LogP contribution is -2.35. The molecule has 7 heteroatoms. The SMILES string of the molecule is CC1=CN2C(=N)/C(=C\c3ccc(-c4ccccc4Cl)o3)C(=O)N=C2S1. The summed E-state index contributed by atoms with van der Waals surface area (Å²) in [5.74, 6) is 0.718. The van der Waals surface area contributed by atoms with Crippen molar-refractivity contribution in [3.8, 4) is 11.3 Å². The second-order valence-electron chi connectivity index (χ2n) is 5.50. The van der Waals surface area contributed by atoms with Gasteiger partial charge in [0.2, 0.25) is 0 Å². The van der Waals surface area contributed by atoms with Crippen LogP contribution in [0.4, 0.5) is 0 Å². The minimum absolute atomic E-state index is 0.0926. The molecule has 0 radical (unpaired) electrons. The van der Waals surface area contributed by atoms with Crippen LogP contribution < -0.4 is 0 Å². The summed E-state index contributed by atoms with van der Waals surface area (Å²) in [4.78, 5) is 18.9. The van der Waals surface area contributed by atoms with Gasteiger partial charge in [-0.25, -0.2) is 0 Å². The van der Waals surface area contributed by atoms with E-state index in [1.165, 1.54) is 17.8 Å². The zero-order chi connectivity index (χ0) is 17.6. The van der Waals surface area contributed by atoms with Crippen molar-refractivity contribution >= 4 is 46.3 Å². The van der Waals surface area contributed by atoms with Crippen molar-refractivity contribution in [2.45, 2.75) is 6.92 Å². The van der Waals surface area contributed by atoms with Crippen molar-refractivity contribution in [3.05, 3.63) is 63.9 Å². The van der Waals surface area contributed by atoms with Crippen LogP contribution in [0.25, 0.3) is 17.4 Å². The number of amidine groups is 2. The van der Waals surface area contributed by atoms with Crippen LogP contribution in [0.15, 0.2) is 62.5 Å². The van der Waals surface area contributed by atoms with Crippen molar-refractivity contribution < 1.29 is 9.21 Å². The zero-order valence-electron chi connectivity index (χ0n) is 13.1. The fourth-order valence-electron chi connectivity index (χ4n) is 2.58. The van der Waals surface area contributed by atoms with Crippen LogP contribution >= 0.6 is 23.4 Å². The van der Waals surface area contributed by atoms with E-state index >= 15 is 0 Å². The highest BCUT2D eigenvalue weighted by Crippen LogP contribution is 2.33. The summed E-state index contributed by atoms with van der Waals surface area (Å²) in [5.41, 5.74) is 0.962. The minimum atomic E-state index is -0.442. The molecular weight excluding hydrogens is 358 g/mol.